The first-order chi connectivity index (χ1) is 9.54. The molecule has 0 bridgehead atoms. The summed E-state index contributed by atoms with van der Waals surface area (Å²) in [6.07, 6.45) is 2.10. The van der Waals surface area contributed by atoms with Crippen LogP contribution in [0.1, 0.15) is 49.4 Å². The maximum Gasteiger partial charge on any atom is 0.223 e. The number of amides is 1. The Morgan fingerprint density at radius 1 is 1.35 bits per heavy atom. The third-order valence-electron chi connectivity index (χ3n) is 4.09. The van der Waals surface area contributed by atoms with Crippen molar-refractivity contribution in [3.8, 4) is 0 Å². The molecular weight excluding hydrogens is 248 g/mol. The molecular formula is C17H22N2O. The summed E-state index contributed by atoms with van der Waals surface area (Å²) in [5.41, 5.74) is 4.96. The van der Waals surface area contributed by atoms with Gasteiger partial charge in [0.25, 0.3) is 0 Å². The number of fused-ring (bicyclic) bond motifs is 1. The van der Waals surface area contributed by atoms with Gasteiger partial charge in [-0.1, -0.05) is 13.8 Å². The summed E-state index contributed by atoms with van der Waals surface area (Å²) in [6.45, 7) is 7.19. The Morgan fingerprint density at radius 3 is 2.75 bits per heavy atom. The largest absolute Gasteiger partial charge is 0.357 e. The van der Waals surface area contributed by atoms with E-state index in [9.17, 15) is 4.79 Å². The number of nitrogens with one attached hydrogen (secondary N) is 2. The Balaban J connectivity index is 1.80. The van der Waals surface area contributed by atoms with E-state index in [4.69, 9.17) is 0 Å². The zero-order valence-electron chi connectivity index (χ0n) is 12.4. The molecule has 1 saturated carbocycles. The summed E-state index contributed by atoms with van der Waals surface area (Å²) in [5, 5.41) is 4.23. The third-order valence-corrected chi connectivity index (χ3v) is 4.09. The van der Waals surface area contributed by atoms with Crippen molar-refractivity contribution < 1.29 is 4.79 Å². The average Bonchev–Trinajstić information content (AvgIpc) is 3.16. The van der Waals surface area contributed by atoms with Crippen molar-refractivity contribution >= 4 is 16.8 Å². The highest BCUT2D eigenvalue weighted by Crippen LogP contribution is 2.29. The Kier molecular flexibility index (Phi) is 3.28. The lowest BCUT2D eigenvalue weighted by Gasteiger charge is -2.09. The molecule has 0 spiro atoms. The fourth-order valence-corrected chi connectivity index (χ4v) is 2.76. The first-order valence-corrected chi connectivity index (χ1v) is 7.44. The predicted molar refractivity (Wildman–Crippen MR) is 81.7 cm³/mol. The lowest BCUT2D eigenvalue weighted by molar-refractivity contribution is -0.122. The van der Waals surface area contributed by atoms with Gasteiger partial charge in [-0.2, -0.15) is 0 Å². The van der Waals surface area contributed by atoms with Crippen LogP contribution >= 0.6 is 0 Å². The topological polar surface area (TPSA) is 44.9 Å². The Morgan fingerprint density at radius 2 is 2.10 bits per heavy atom. The van der Waals surface area contributed by atoms with E-state index in [0.29, 0.717) is 12.5 Å². The van der Waals surface area contributed by atoms with Crippen LogP contribution in [0.25, 0.3) is 10.9 Å². The van der Waals surface area contributed by atoms with E-state index >= 15 is 0 Å². The quantitative estimate of drug-likeness (QED) is 0.875. The second-order valence-corrected chi connectivity index (χ2v) is 6.24. The maximum absolute atomic E-state index is 11.7. The molecule has 106 valence electrons. The molecule has 3 nitrogen and oxygen atoms in total. The van der Waals surface area contributed by atoms with Crippen molar-refractivity contribution in [2.45, 2.75) is 46.1 Å². The standard InChI is InChI=1S/C17H22N2O/c1-10(2)15-8-16-13(6-11(15)3)7-14(19-16)9-18-17(20)12-4-5-12/h6-8,10,12,19H,4-5,9H2,1-3H3,(H,18,20). The van der Waals surface area contributed by atoms with E-state index in [1.165, 1.54) is 16.5 Å². The molecule has 3 heteroatoms. The number of carbonyl (C=O) groups is 1. The van der Waals surface area contributed by atoms with Crippen molar-refractivity contribution in [1.29, 1.82) is 0 Å². The van der Waals surface area contributed by atoms with E-state index in [1.807, 2.05) is 0 Å². The Hall–Kier alpha value is -1.77. The number of benzene rings is 1. The van der Waals surface area contributed by atoms with Crippen molar-refractivity contribution in [3.63, 3.8) is 0 Å². The number of H-pyrrole nitrogens is 1. The highest BCUT2D eigenvalue weighted by molar-refractivity contribution is 5.83. The molecule has 1 aliphatic rings. The zero-order chi connectivity index (χ0) is 14.3. The molecule has 3 rings (SSSR count). The van der Waals surface area contributed by atoms with E-state index in [0.717, 1.165) is 24.1 Å². The molecule has 1 amide bonds. The second-order valence-electron chi connectivity index (χ2n) is 6.24. The van der Waals surface area contributed by atoms with Gasteiger partial charge in [0.1, 0.15) is 0 Å². The van der Waals surface area contributed by atoms with Crippen LogP contribution < -0.4 is 5.32 Å². The molecule has 1 heterocycles. The highest BCUT2D eigenvalue weighted by atomic mass is 16.2. The van der Waals surface area contributed by atoms with E-state index in [1.54, 1.807) is 0 Å². The van der Waals surface area contributed by atoms with E-state index < -0.39 is 0 Å². The van der Waals surface area contributed by atoms with E-state index in [2.05, 4.69) is 49.3 Å². The van der Waals surface area contributed by atoms with Crippen LogP contribution in [0.5, 0.6) is 0 Å². The van der Waals surface area contributed by atoms with Crippen LogP contribution in [0.2, 0.25) is 0 Å². The minimum Gasteiger partial charge on any atom is -0.357 e. The molecule has 0 radical (unpaired) electrons. The number of aryl methyl sites for hydroxylation is 1. The maximum atomic E-state index is 11.7. The van der Waals surface area contributed by atoms with Gasteiger partial charge in [0.15, 0.2) is 0 Å². The molecule has 2 N–H and O–H groups in total. The van der Waals surface area contributed by atoms with Crippen molar-refractivity contribution in [2.75, 3.05) is 0 Å². The smallest absolute Gasteiger partial charge is 0.223 e. The number of hydrogen-bond donors (Lipinski definition) is 2. The number of rotatable bonds is 4. The molecule has 0 saturated heterocycles. The number of hydrogen-bond acceptors (Lipinski definition) is 1. The SMILES string of the molecule is Cc1cc2cc(CNC(=O)C3CC3)[nH]c2cc1C(C)C. The average molecular weight is 270 g/mol. The van der Waals surface area contributed by atoms with Crippen LogP contribution in [0.4, 0.5) is 0 Å². The van der Waals surface area contributed by atoms with Crippen LogP contribution in [0, 0.1) is 12.8 Å². The fraction of sp³-hybridized carbons (Fsp3) is 0.471. The van der Waals surface area contributed by atoms with Gasteiger partial charge in [0.2, 0.25) is 5.91 Å². The van der Waals surface area contributed by atoms with Gasteiger partial charge in [-0.25, -0.2) is 0 Å². The first kappa shape index (κ1) is 13.2. The van der Waals surface area contributed by atoms with Crippen LogP contribution in [0.15, 0.2) is 18.2 Å². The molecule has 20 heavy (non-hydrogen) atoms. The molecule has 0 aliphatic heterocycles. The van der Waals surface area contributed by atoms with Crippen LogP contribution in [-0.4, -0.2) is 10.9 Å². The van der Waals surface area contributed by atoms with Crippen LogP contribution in [-0.2, 0) is 11.3 Å². The van der Waals surface area contributed by atoms with E-state index in [-0.39, 0.29) is 11.8 Å². The monoisotopic (exact) mass is 270 g/mol. The molecule has 0 atom stereocenters. The Labute approximate surface area is 119 Å². The van der Waals surface area contributed by atoms with Gasteiger partial charge in [0.05, 0.1) is 6.54 Å². The summed E-state index contributed by atoms with van der Waals surface area (Å²) in [4.78, 5) is 15.1. The minimum absolute atomic E-state index is 0.197. The fourth-order valence-electron chi connectivity index (χ4n) is 2.76. The summed E-state index contributed by atoms with van der Waals surface area (Å²) < 4.78 is 0. The molecule has 1 aromatic carbocycles. The normalized spacial score (nSPS) is 15.0. The predicted octanol–water partition coefficient (Wildman–Crippen LogP) is 3.63. The molecule has 0 unspecified atom stereocenters. The van der Waals surface area contributed by atoms with Crippen molar-refractivity contribution in [3.05, 3.63) is 35.0 Å². The summed E-state index contributed by atoms with van der Waals surface area (Å²) in [6, 6.07) is 6.61. The number of aromatic amines is 1. The van der Waals surface area contributed by atoms with Gasteiger partial charge in [-0.15, -0.1) is 0 Å². The third kappa shape index (κ3) is 2.58. The first-order valence-electron chi connectivity index (χ1n) is 7.44. The molecule has 1 fully saturated rings. The second kappa shape index (κ2) is 4.97. The lowest BCUT2D eigenvalue weighted by Crippen LogP contribution is -2.24. The minimum atomic E-state index is 0.197. The van der Waals surface area contributed by atoms with Gasteiger partial charge in [-0.05, 0) is 60.4 Å². The summed E-state index contributed by atoms with van der Waals surface area (Å²) in [5.74, 6) is 0.998. The van der Waals surface area contributed by atoms with Gasteiger partial charge >= 0.3 is 0 Å². The summed E-state index contributed by atoms with van der Waals surface area (Å²) in [7, 11) is 0. The number of carbonyl (C=O) groups excluding carboxylic acids is 1. The Bertz CT molecular complexity index is 650. The lowest BCUT2D eigenvalue weighted by atomic mass is 9.97. The van der Waals surface area contributed by atoms with Crippen molar-refractivity contribution in [1.82, 2.24) is 10.3 Å². The summed E-state index contributed by atoms with van der Waals surface area (Å²) >= 11 is 0. The molecule has 1 aromatic heterocycles. The van der Waals surface area contributed by atoms with Gasteiger partial charge < -0.3 is 10.3 Å². The number of aromatic nitrogens is 1. The zero-order valence-corrected chi connectivity index (χ0v) is 12.4. The van der Waals surface area contributed by atoms with Crippen molar-refractivity contribution in [2.24, 2.45) is 5.92 Å². The highest BCUT2D eigenvalue weighted by Gasteiger charge is 2.29. The van der Waals surface area contributed by atoms with Gasteiger partial charge in [0, 0.05) is 17.1 Å². The molecule has 2 aromatic rings. The van der Waals surface area contributed by atoms with Crippen LogP contribution in [0.3, 0.4) is 0 Å². The molecule has 1 aliphatic carbocycles. The van der Waals surface area contributed by atoms with Gasteiger partial charge in [-0.3, -0.25) is 4.79 Å².